The molecule has 0 aromatic heterocycles. The van der Waals surface area contributed by atoms with Gasteiger partial charge in [0.15, 0.2) is 0 Å². The number of halogens is 2. The zero-order valence-corrected chi connectivity index (χ0v) is 18.3. The van der Waals surface area contributed by atoms with Crippen LogP contribution in [0.25, 0.3) is 0 Å². The van der Waals surface area contributed by atoms with Crippen molar-refractivity contribution in [3.05, 3.63) is 65.2 Å². The number of carbonyl (C=O) groups excluding carboxylic acids is 1. The van der Waals surface area contributed by atoms with E-state index in [-0.39, 0.29) is 30.7 Å². The van der Waals surface area contributed by atoms with Gasteiger partial charge in [-0.1, -0.05) is 24.3 Å². The monoisotopic (exact) mass is 423 g/mol. The van der Waals surface area contributed by atoms with Crippen molar-refractivity contribution in [3.8, 4) is 0 Å². The normalized spacial score (nSPS) is 13.3. The molecule has 1 N–H and O–H groups in total. The van der Waals surface area contributed by atoms with Crippen LogP contribution in [0.1, 0.15) is 35.3 Å². The topological polar surface area (TPSA) is 35.6 Å². The van der Waals surface area contributed by atoms with Crippen LogP contribution in [0.3, 0.4) is 0 Å². The van der Waals surface area contributed by atoms with Gasteiger partial charge in [0, 0.05) is 50.5 Å². The lowest BCUT2D eigenvalue weighted by Crippen LogP contribution is -2.43. The van der Waals surface area contributed by atoms with Crippen molar-refractivity contribution in [1.29, 1.82) is 0 Å². The van der Waals surface area contributed by atoms with E-state index in [0.717, 1.165) is 51.3 Å². The van der Waals surface area contributed by atoms with Crippen LogP contribution in [0.5, 0.6) is 0 Å². The summed E-state index contributed by atoms with van der Waals surface area (Å²) in [6, 6.07) is 16.9. The highest BCUT2D eigenvalue weighted by atomic mass is 35.5. The summed E-state index contributed by atoms with van der Waals surface area (Å²) in [5.41, 5.74) is 4.60. The second kappa shape index (κ2) is 11.9. The van der Waals surface area contributed by atoms with Crippen LogP contribution in [0.2, 0.25) is 0 Å². The quantitative estimate of drug-likeness (QED) is 0.761. The van der Waals surface area contributed by atoms with Gasteiger partial charge in [0.05, 0.1) is 0 Å². The van der Waals surface area contributed by atoms with Gasteiger partial charge >= 0.3 is 0 Å². The molecule has 4 nitrogen and oxygen atoms in total. The number of rotatable bonds is 6. The van der Waals surface area contributed by atoms with Crippen LogP contribution in [0, 0.1) is 0 Å². The molecular formula is C22H31Cl2N3O. The van der Waals surface area contributed by atoms with Gasteiger partial charge in [-0.05, 0) is 55.7 Å². The van der Waals surface area contributed by atoms with Crippen molar-refractivity contribution in [2.24, 2.45) is 0 Å². The average molecular weight is 424 g/mol. The summed E-state index contributed by atoms with van der Waals surface area (Å²) in [4.78, 5) is 16.7. The molecular weight excluding hydrogens is 393 g/mol. The minimum Gasteiger partial charge on any atom is -0.369 e. The summed E-state index contributed by atoms with van der Waals surface area (Å²) in [5, 5.41) is 3.39. The van der Waals surface area contributed by atoms with E-state index in [9.17, 15) is 4.79 Å². The molecule has 0 radical (unpaired) electrons. The molecule has 0 saturated carbocycles. The number of carbonyl (C=O) groups is 1. The molecule has 154 valence electrons. The van der Waals surface area contributed by atoms with Gasteiger partial charge < -0.3 is 15.1 Å². The molecule has 1 aliphatic rings. The molecule has 0 spiro atoms. The molecule has 1 aliphatic heterocycles. The maximum atomic E-state index is 12.4. The number of anilines is 1. The lowest BCUT2D eigenvalue weighted by atomic mass is 10.0. The van der Waals surface area contributed by atoms with Crippen LogP contribution in [0.4, 0.5) is 5.69 Å². The molecule has 1 saturated heterocycles. The summed E-state index contributed by atoms with van der Waals surface area (Å²) in [6.45, 7) is 9.77. The predicted molar refractivity (Wildman–Crippen MR) is 123 cm³/mol. The first kappa shape index (κ1) is 24.3. The van der Waals surface area contributed by atoms with E-state index in [1.807, 2.05) is 30.9 Å². The van der Waals surface area contributed by atoms with Gasteiger partial charge in [0.25, 0.3) is 5.91 Å². The summed E-state index contributed by atoms with van der Waals surface area (Å²) in [5.74, 6) is 0.113. The summed E-state index contributed by atoms with van der Waals surface area (Å²) < 4.78 is 0. The van der Waals surface area contributed by atoms with E-state index < -0.39 is 0 Å². The van der Waals surface area contributed by atoms with E-state index in [1.54, 1.807) is 0 Å². The van der Waals surface area contributed by atoms with E-state index in [4.69, 9.17) is 0 Å². The maximum Gasteiger partial charge on any atom is 0.253 e. The van der Waals surface area contributed by atoms with Crippen LogP contribution < -0.4 is 10.2 Å². The Kier molecular flexibility index (Phi) is 10.4. The summed E-state index contributed by atoms with van der Waals surface area (Å²) in [7, 11) is 0. The molecule has 1 amide bonds. The van der Waals surface area contributed by atoms with E-state index in [1.165, 1.54) is 16.8 Å². The Labute approximate surface area is 181 Å². The molecule has 2 aromatic carbocycles. The van der Waals surface area contributed by atoms with Crippen LogP contribution >= 0.6 is 24.8 Å². The Balaban J connectivity index is 0.00000196. The summed E-state index contributed by atoms with van der Waals surface area (Å²) >= 11 is 0. The SMILES string of the molecule is CCN(CC)C(=O)c1ccc(Cc2ccc(N3CCNCC3)cc2)cc1.Cl.Cl. The third-order valence-corrected chi connectivity index (χ3v) is 5.08. The van der Waals surface area contributed by atoms with Crippen molar-refractivity contribution in [2.75, 3.05) is 44.2 Å². The van der Waals surface area contributed by atoms with Gasteiger partial charge in [-0.25, -0.2) is 0 Å². The lowest BCUT2D eigenvalue weighted by Gasteiger charge is -2.29. The number of benzene rings is 2. The molecule has 6 heteroatoms. The fraction of sp³-hybridized carbons (Fsp3) is 0.409. The predicted octanol–water partition coefficient (Wildman–Crippen LogP) is 4.01. The van der Waals surface area contributed by atoms with Crippen LogP contribution in [0.15, 0.2) is 48.5 Å². The standard InChI is InChI=1S/C22H29N3O.2ClH/c1-3-24(4-2)22(26)20-9-5-18(6-10-20)17-19-7-11-21(12-8-19)25-15-13-23-14-16-25;;/h5-12,23H,3-4,13-17H2,1-2H3;2*1H. The highest BCUT2D eigenvalue weighted by Crippen LogP contribution is 2.18. The third-order valence-electron chi connectivity index (χ3n) is 5.08. The largest absolute Gasteiger partial charge is 0.369 e. The number of hydrogen-bond acceptors (Lipinski definition) is 3. The van der Waals surface area contributed by atoms with Gasteiger partial charge in [0.1, 0.15) is 0 Å². The first-order valence-electron chi connectivity index (χ1n) is 9.64. The Morgan fingerprint density at radius 2 is 1.39 bits per heavy atom. The fourth-order valence-electron chi connectivity index (χ4n) is 3.44. The number of nitrogens with zero attached hydrogens (tertiary/aromatic N) is 2. The van der Waals surface area contributed by atoms with Crippen molar-refractivity contribution < 1.29 is 4.79 Å². The van der Waals surface area contributed by atoms with Crippen molar-refractivity contribution >= 4 is 36.4 Å². The molecule has 0 atom stereocenters. The van der Waals surface area contributed by atoms with Gasteiger partial charge in [-0.3, -0.25) is 4.79 Å². The van der Waals surface area contributed by atoms with Crippen LogP contribution in [-0.2, 0) is 6.42 Å². The molecule has 1 heterocycles. The van der Waals surface area contributed by atoms with Gasteiger partial charge in [-0.15, -0.1) is 24.8 Å². The maximum absolute atomic E-state index is 12.4. The highest BCUT2D eigenvalue weighted by molar-refractivity contribution is 5.94. The fourth-order valence-corrected chi connectivity index (χ4v) is 3.44. The van der Waals surface area contributed by atoms with E-state index in [2.05, 4.69) is 46.6 Å². The number of nitrogens with one attached hydrogen (secondary N) is 1. The minimum absolute atomic E-state index is 0. The molecule has 3 rings (SSSR count). The van der Waals surface area contributed by atoms with Crippen molar-refractivity contribution in [3.63, 3.8) is 0 Å². The zero-order chi connectivity index (χ0) is 18.4. The van der Waals surface area contributed by atoms with Gasteiger partial charge in [0.2, 0.25) is 0 Å². The van der Waals surface area contributed by atoms with Crippen molar-refractivity contribution in [1.82, 2.24) is 10.2 Å². The van der Waals surface area contributed by atoms with Crippen molar-refractivity contribution in [2.45, 2.75) is 20.3 Å². The molecule has 1 fully saturated rings. The minimum atomic E-state index is 0. The van der Waals surface area contributed by atoms with Crippen LogP contribution in [-0.4, -0.2) is 50.1 Å². The molecule has 0 aliphatic carbocycles. The first-order chi connectivity index (χ1) is 12.7. The lowest BCUT2D eigenvalue weighted by molar-refractivity contribution is 0.0773. The number of piperazine rings is 1. The van der Waals surface area contributed by atoms with Gasteiger partial charge in [-0.2, -0.15) is 0 Å². The highest BCUT2D eigenvalue weighted by Gasteiger charge is 2.12. The number of amides is 1. The second-order valence-corrected chi connectivity index (χ2v) is 6.75. The Bertz CT molecular complexity index is 710. The molecule has 2 aromatic rings. The third kappa shape index (κ3) is 6.13. The Hall–Kier alpha value is -1.75. The zero-order valence-electron chi connectivity index (χ0n) is 16.7. The summed E-state index contributed by atoms with van der Waals surface area (Å²) in [6.07, 6.45) is 0.890. The number of hydrogen-bond donors (Lipinski definition) is 1. The average Bonchev–Trinajstić information content (AvgIpc) is 2.71. The smallest absolute Gasteiger partial charge is 0.253 e. The van der Waals surface area contributed by atoms with E-state index in [0.29, 0.717) is 0 Å². The Morgan fingerprint density at radius 3 is 1.89 bits per heavy atom. The molecule has 0 unspecified atom stereocenters. The van der Waals surface area contributed by atoms with E-state index >= 15 is 0 Å². The first-order valence-corrected chi connectivity index (χ1v) is 9.64. The Morgan fingerprint density at radius 1 is 0.893 bits per heavy atom. The molecule has 0 bridgehead atoms. The molecule has 28 heavy (non-hydrogen) atoms. The second-order valence-electron chi connectivity index (χ2n) is 6.75.